The Bertz CT molecular complexity index is 608. The molecular formula is C12H15ClFNO5S. The van der Waals surface area contributed by atoms with E-state index >= 15 is 0 Å². The van der Waals surface area contributed by atoms with Crippen LogP contribution < -0.4 is 4.74 Å². The third-order valence-electron chi connectivity index (χ3n) is 2.72. The van der Waals surface area contributed by atoms with Crippen LogP contribution in [0, 0.1) is 21.8 Å². The molecule has 0 radical (unpaired) electrons. The summed E-state index contributed by atoms with van der Waals surface area (Å²) in [6.45, 7) is 1.77. The summed E-state index contributed by atoms with van der Waals surface area (Å²) in [6.07, 6.45) is 1.22. The van der Waals surface area contributed by atoms with Crippen molar-refractivity contribution in [1.29, 1.82) is 0 Å². The number of rotatable bonds is 8. The van der Waals surface area contributed by atoms with Crippen LogP contribution in [0.2, 0.25) is 0 Å². The van der Waals surface area contributed by atoms with Gasteiger partial charge in [-0.25, -0.2) is 12.8 Å². The molecule has 0 N–H and O–H groups in total. The summed E-state index contributed by atoms with van der Waals surface area (Å²) in [4.78, 5) is 10.1. The zero-order valence-electron chi connectivity index (χ0n) is 11.3. The molecule has 9 heteroatoms. The number of nitrogens with zero attached hydrogens (tertiary/aromatic N) is 1. The fourth-order valence-electron chi connectivity index (χ4n) is 1.87. The Morgan fingerprint density at radius 2 is 2.14 bits per heavy atom. The third kappa shape index (κ3) is 6.26. The number of ether oxygens (including phenoxy) is 1. The van der Waals surface area contributed by atoms with E-state index in [1.807, 2.05) is 6.92 Å². The van der Waals surface area contributed by atoms with Gasteiger partial charge in [-0.15, -0.1) is 0 Å². The molecule has 1 rings (SSSR count). The Hall–Kier alpha value is -1.41. The van der Waals surface area contributed by atoms with E-state index in [0.717, 1.165) is 18.2 Å². The molecule has 0 saturated heterocycles. The second-order valence-corrected chi connectivity index (χ2v) is 7.36. The van der Waals surface area contributed by atoms with Crippen LogP contribution in [-0.4, -0.2) is 25.7 Å². The maximum atomic E-state index is 13.1. The van der Waals surface area contributed by atoms with Crippen molar-refractivity contribution in [2.24, 2.45) is 5.92 Å². The molecular weight excluding hydrogens is 325 g/mol. The minimum Gasteiger partial charge on any atom is -0.486 e. The Morgan fingerprint density at radius 3 is 2.67 bits per heavy atom. The Labute approximate surface area is 126 Å². The van der Waals surface area contributed by atoms with Crippen LogP contribution in [0.15, 0.2) is 18.2 Å². The van der Waals surface area contributed by atoms with Gasteiger partial charge >= 0.3 is 5.69 Å². The maximum Gasteiger partial charge on any atom is 0.311 e. The molecule has 1 unspecified atom stereocenters. The Balaban J connectivity index is 2.84. The van der Waals surface area contributed by atoms with Crippen LogP contribution >= 0.6 is 10.7 Å². The van der Waals surface area contributed by atoms with Gasteiger partial charge < -0.3 is 4.74 Å². The second kappa shape index (κ2) is 7.56. The molecule has 1 aromatic rings. The lowest BCUT2D eigenvalue weighted by molar-refractivity contribution is -0.386. The van der Waals surface area contributed by atoms with Gasteiger partial charge in [-0.05, 0) is 12.5 Å². The van der Waals surface area contributed by atoms with E-state index in [2.05, 4.69) is 0 Å². The molecule has 0 aromatic heterocycles. The number of halogens is 2. The van der Waals surface area contributed by atoms with E-state index in [1.54, 1.807) is 0 Å². The van der Waals surface area contributed by atoms with Gasteiger partial charge in [-0.3, -0.25) is 10.1 Å². The average molecular weight is 340 g/mol. The summed E-state index contributed by atoms with van der Waals surface area (Å²) in [5, 5.41) is 10.8. The zero-order chi connectivity index (χ0) is 16.0. The van der Waals surface area contributed by atoms with Crippen LogP contribution in [0.3, 0.4) is 0 Å². The van der Waals surface area contributed by atoms with Crippen molar-refractivity contribution in [1.82, 2.24) is 0 Å². The zero-order valence-corrected chi connectivity index (χ0v) is 12.9. The smallest absolute Gasteiger partial charge is 0.311 e. The summed E-state index contributed by atoms with van der Waals surface area (Å²) in [5.41, 5.74) is -0.375. The molecule has 0 amide bonds. The van der Waals surface area contributed by atoms with E-state index in [9.17, 15) is 22.9 Å². The average Bonchev–Trinajstić information content (AvgIpc) is 2.34. The molecule has 0 bridgehead atoms. The highest BCUT2D eigenvalue weighted by Gasteiger charge is 2.20. The van der Waals surface area contributed by atoms with Gasteiger partial charge in [-0.1, -0.05) is 13.3 Å². The van der Waals surface area contributed by atoms with E-state index < -0.39 is 25.7 Å². The molecule has 118 valence electrons. The first-order chi connectivity index (χ1) is 9.73. The van der Waals surface area contributed by atoms with Crippen molar-refractivity contribution in [2.45, 2.75) is 19.8 Å². The highest BCUT2D eigenvalue weighted by atomic mass is 35.7. The Morgan fingerprint density at radius 1 is 1.48 bits per heavy atom. The van der Waals surface area contributed by atoms with Crippen molar-refractivity contribution < 1.29 is 22.5 Å². The van der Waals surface area contributed by atoms with Gasteiger partial charge in [0.1, 0.15) is 5.82 Å². The third-order valence-corrected chi connectivity index (χ3v) is 3.97. The summed E-state index contributed by atoms with van der Waals surface area (Å²) >= 11 is 0. The SMILES string of the molecule is CCCC(COc1cc(F)ccc1[N+](=O)[O-])CS(=O)(=O)Cl. The molecule has 0 heterocycles. The van der Waals surface area contributed by atoms with Crippen LogP contribution in [-0.2, 0) is 9.05 Å². The largest absolute Gasteiger partial charge is 0.486 e. The van der Waals surface area contributed by atoms with Crippen molar-refractivity contribution in [3.63, 3.8) is 0 Å². The van der Waals surface area contributed by atoms with E-state index in [4.69, 9.17) is 15.4 Å². The van der Waals surface area contributed by atoms with Crippen LogP contribution in [0.5, 0.6) is 5.75 Å². The Kier molecular flexibility index (Phi) is 6.35. The first-order valence-electron chi connectivity index (χ1n) is 6.22. The number of hydrogen-bond acceptors (Lipinski definition) is 5. The molecule has 1 atom stereocenters. The van der Waals surface area contributed by atoms with E-state index in [0.29, 0.717) is 12.8 Å². The molecule has 21 heavy (non-hydrogen) atoms. The molecule has 0 aliphatic carbocycles. The van der Waals surface area contributed by atoms with Crippen LogP contribution in [0.1, 0.15) is 19.8 Å². The van der Waals surface area contributed by atoms with Gasteiger partial charge in [0.05, 0.1) is 17.3 Å². The second-order valence-electron chi connectivity index (χ2n) is 4.54. The predicted molar refractivity (Wildman–Crippen MR) is 76.6 cm³/mol. The standard InChI is InChI=1S/C12H15ClFNO5S/c1-2-3-9(8-21(13,18)19)7-20-12-6-10(14)4-5-11(12)15(16)17/h4-6,9H,2-3,7-8H2,1H3. The number of benzene rings is 1. The fraction of sp³-hybridized carbons (Fsp3) is 0.500. The summed E-state index contributed by atoms with van der Waals surface area (Å²) in [5.74, 6) is -1.62. The normalized spacial score (nSPS) is 12.9. The summed E-state index contributed by atoms with van der Waals surface area (Å²) in [6, 6.07) is 2.85. The van der Waals surface area contributed by atoms with Crippen LogP contribution in [0.25, 0.3) is 0 Å². The predicted octanol–water partition coefficient (Wildman–Crippen LogP) is 3.10. The molecule has 0 fully saturated rings. The van der Waals surface area contributed by atoms with Gasteiger partial charge in [0.2, 0.25) is 9.05 Å². The van der Waals surface area contributed by atoms with Crippen molar-refractivity contribution in [3.05, 3.63) is 34.1 Å². The first-order valence-corrected chi connectivity index (χ1v) is 8.70. The number of nitro groups is 1. The molecule has 1 aromatic carbocycles. The highest BCUT2D eigenvalue weighted by Crippen LogP contribution is 2.28. The maximum absolute atomic E-state index is 13.1. The van der Waals surface area contributed by atoms with Crippen molar-refractivity contribution >= 4 is 25.4 Å². The van der Waals surface area contributed by atoms with Crippen molar-refractivity contribution in [3.8, 4) is 5.75 Å². The molecule has 0 aliphatic heterocycles. The molecule has 0 aliphatic rings. The molecule has 6 nitrogen and oxygen atoms in total. The van der Waals surface area contributed by atoms with Crippen LogP contribution in [0.4, 0.5) is 10.1 Å². The lowest BCUT2D eigenvalue weighted by atomic mass is 10.1. The minimum atomic E-state index is -3.70. The highest BCUT2D eigenvalue weighted by molar-refractivity contribution is 8.13. The van der Waals surface area contributed by atoms with Gasteiger partial charge in [0.15, 0.2) is 5.75 Å². The summed E-state index contributed by atoms with van der Waals surface area (Å²) in [7, 11) is 1.50. The molecule has 0 spiro atoms. The number of hydrogen-bond donors (Lipinski definition) is 0. The van der Waals surface area contributed by atoms with E-state index in [1.165, 1.54) is 0 Å². The topological polar surface area (TPSA) is 86.5 Å². The lowest BCUT2D eigenvalue weighted by Crippen LogP contribution is -2.20. The summed E-state index contributed by atoms with van der Waals surface area (Å²) < 4.78 is 40.6. The fourth-order valence-corrected chi connectivity index (χ4v) is 3.23. The lowest BCUT2D eigenvalue weighted by Gasteiger charge is -2.15. The monoisotopic (exact) mass is 339 g/mol. The van der Waals surface area contributed by atoms with Crippen molar-refractivity contribution in [2.75, 3.05) is 12.4 Å². The molecule has 0 saturated carbocycles. The van der Waals surface area contributed by atoms with Gasteiger partial charge in [0, 0.05) is 28.7 Å². The first kappa shape index (κ1) is 17.6. The van der Waals surface area contributed by atoms with E-state index in [-0.39, 0.29) is 23.8 Å². The number of nitro benzene ring substituents is 1. The quantitative estimate of drug-likeness (QED) is 0.412. The van der Waals surface area contributed by atoms with Gasteiger partial charge in [-0.2, -0.15) is 0 Å². The minimum absolute atomic E-state index is 0.0932. The van der Waals surface area contributed by atoms with Gasteiger partial charge in [0.25, 0.3) is 0 Å².